The second kappa shape index (κ2) is 9.60. The summed E-state index contributed by atoms with van der Waals surface area (Å²) < 4.78 is 0. The molecule has 4 nitrogen and oxygen atoms in total. The van der Waals surface area contributed by atoms with Crippen LogP contribution in [0.4, 0.5) is 0 Å². The first-order valence-electron chi connectivity index (χ1n) is 8.30. The quantitative estimate of drug-likeness (QED) is 0.792. The smallest absolute Gasteiger partial charge is 0.313 e. The predicted octanol–water partition coefficient (Wildman–Crippen LogP) is 3.21. The SMILES string of the molecule is O=C(O)CSCC(=O)N1CCCCC1CCCc1ccccc1. The standard InChI is InChI=1S/C18H25NO3S/c20-17(13-23-14-18(21)22)19-12-5-4-10-16(19)11-6-9-15-7-2-1-3-8-15/h1-3,7-8,16H,4-6,9-14H2,(H,21,22). The average Bonchev–Trinajstić information content (AvgIpc) is 2.56. The summed E-state index contributed by atoms with van der Waals surface area (Å²) in [6, 6.07) is 10.8. The Morgan fingerprint density at radius 1 is 1.17 bits per heavy atom. The molecule has 0 radical (unpaired) electrons. The number of benzene rings is 1. The highest BCUT2D eigenvalue weighted by atomic mass is 32.2. The molecule has 1 aromatic carbocycles. The van der Waals surface area contributed by atoms with Crippen molar-refractivity contribution in [2.45, 2.75) is 44.6 Å². The molecule has 1 aliphatic rings. The Hall–Kier alpha value is -1.49. The van der Waals surface area contributed by atoms with Gasteiger partial charge in [-0.3, -0.25) is 9.59 Å². The van der Waals surface area contributed by atoms with Crippen LogP contribution in [0, 0.1) is 0 Å². The van der Waals surface area contributed by atoms with Crippen LogP contribution in [0.2, 0.25) is 0 Å². The van der Waals surface area contributed by atoms with E-state index in [0.29, 0.717) is 6.04 Å². The number of aryl methyl sites for hydroxylation is 1. The first-order chi connectivity index (χ1) is 11.2. The molecule has 0 bridgehead atoms. The van der Waals surface area contributed by atoms with Crippen molar-refractivity contribution in [1.82, 2.24) is 4.90 Å². The van der Waals surface area contributed by atoms with E-state index in [1.165, 1.54) is 23.7 Å². The molecule has 1 aromatic rings. The molecule has 0 aromatic heterocycles. The lowest BCUT2D eigenvalue weighted by atomic mass is 9.96. The van der Waals surface area contributed by atoms with Gasteiger partial charge in [0.15, 0.2) is 0 Å². The molecule has 1 saturated heterocycles. The van der Waals surface area contributed by atoms with Gasteiger partial charge in [0, 0.05) is 12.6 Å². The summed E-state index contributed by atoms with van der Waals surface area (Å²) in [5.41, 5.74) is 1.35. The molecule has 1 unspecified atom stereocenters. The fourth-order valence-electron chi connectivity index (χ4n) is 3.12. The summed E-state index contributed by atoms with van der Waals surface area (Å²) >= 11 is 1.20. The fourth-order valence-corrected chi connectivity index (χ4v) is 3.74. The van der Waals surface area contributed by atoms with Gasteiger partial charge in [-0.2, -0.15) is 0 Å². The third-order valence-electron chi connectivity index (χ3n) is 4.24. The summed E-state index contributed by atoms with van der Waals surface area (Å²) in [6.45, 7) is 0.822. The number of nitrogens with zero attached hydrogens (tertiary/aromatic N) is 1. The predicted molar refractivity (Wildman–Crippen MR) is 93.7 cm³/mol. The van der Waals surface area contributed by atoms with Crippen LogP contribution in [0.25, 0.3) is 0 Å². The number of piperidine rings is 1. The van der Waals surface area contributed by atoms with Crippen LogP contribution in [0.1, 0.15) is 37.7 Å². The van der Waals surface area contributed by atoms with Crippen LogP contribution >= 0.6 is 11.8 Å². The van der Waals surface area contributed by atoms with Gasteiger partial charge in [0.2, 0.25) is 5.91 Å². The zero-order valence-corrected chi connectivity index (χ0v) is 14.3. The zero-order valence-electron chi connectivity index (χ0n) is 13.4. The van der Waals surface area contributed by atoms with Gasteiger partial charge in [-0.1, -0.05) is 30.3 Å². The van der Waals surface area contributed by atoms with Crippen molar-refractivity contribution in [1.29, 1.82) is 0 Å². The van der Waals surface area contributed by atoms with E-state index in [9.17, 15) is 9.59 Å². The first-order valence-corrected chi connectivity index (χ1v) is 9.45. The minimum absolute atomic E-state index is 0.00173. The second-order valence-electron chi connectivity index (χ2n) is 6.00. The van der Waals surface area contributed by atoms with E-state index in [0.717, 1.165) is 38.6 Å². The molecule has 2 rings (SSSR count). The van der Waals surface area contributed by atoms with Crippen molar-refractivity contribution in [2.75, 3.05) is 18.1 Å². The van der Waals surface area contributed by atoms with Crippen molar-refractivity contribution in [3.8, 4) is 0 Å². The molecule has 0 spiro atoms. The number of carboxylic acid groups (broad SMARTS) is 1. The molecule has 1 aliphatic heterocycles. The largest absolute Gasteiger partial charge is 0.481 e. The minimum Gasteiger partial charge on any atom is -0.481 e. The van der Waals surface area contributed by atoms with E-state index in [-0.39, 0.29) is 17.4 Å². The minimum atomic E-state index is -0.860. The molecule has 0 aliphatic carbocycles. The summed E-state index contributed by atoms with van der Waals surface area (Å²) in [6.07, 6.45) is 6.48. The Kier molecular flexibility index (Phi) is 7.46. The Morgan fingerprint density at radius 2 is 1.96 bits per heavy atom. The maximum absolute atomic E-state index is 12.3. The van der Waals surface area contributed by atoms with Crippen LogP contribution in [0.15, 0.2) is 30.3 Å². The number of carboxylic acids is 1. The maximum Gasteiger partial charge on any atom is 0.313 e. The molecular formula is C18H25NO3S. The molecule has 126 valence electrons. The van der Waals surface area contributed by atoms with Crippen LogP contribution in [-0.4, -0.2) is 46.0 Å². The van der Waals surface area contributed by atoms with E-state index in [4.69, 9.17) is 5.11 Å². The number of thioether (sulfide) groups is 1. The van der Waals surface area contributed by atoms with Gasteiger partial charge in [-0.05, 0) is 44.1 Å². The van der Waals surface area contributed by atoms with Crippen LogP contribution < -0.4 is 0 Å². The van der Waals surface area contributed by atoms with Gasteiger partial charge in [0.25, 0.3) is 0 Å². The normalized spacial score (nSPS) is 17.9. The van der Waals surface area contributed by atoms with Gasteiger partial charge < -0.3 is 10.0 Å². The Labute approximate surface area is 142 Å². The summed E-state index contributed by atoms with van der Waals surface area (Å²) in [5.74, 6) is -0.485. The molecule has 1 heterocycles. The van der Waals surface area contributed by atoms with Crippen molar-refractivity contribution < 1.29 is 14.7 Å². The molecule has 1 atom stereocenters. The number of rotatable bonds is 8. The van der Waals surface area contributed by atoms with Crippen LogP contribution in [-0.2, 0) is 16.0 Å². The summed E-state index contributed by atoms with van der Waals surface area (Å²) in [5, 5.41) is 8.67. The van der Waals surface area contributed by atoms with E-state index in [1.54, 1.807) is 0 Å². The zero-order chi connectivity index (χ0) is 16.5. The number of hydrogen-bond donors (Lipinski definition) is 1. The highest BCUT2D eigenvalue weighted by molar-refractivity contribution is 8.00. The fraction of sp³-hybridized carbons (Fsp3) is 0.556. The number of amides is 1. The summed E-state index contributed by atoms with van der Waals surface area (Å²) in [7, 11) is 0. The molecule has 1 fully saturated rings. The molecule has 23 heavy (non-hydrogen) atoms. The number of likely N-dealkylation sites (tertiary alicyclic amines) is 1. The number of hydrogen-bond acceptors (Lipinski definition) is 3. The highest BCUT2D eigenvalue weighted by Gasteiger charge is 2.26. The topological polar surface area (TPSA) is 57.6 Å². The third kappa shape index (κ3) is 6.26. The molecule has 0 saturated carbocycles. The molecule has 5 heteroatoms. The lowest BCUT2D eigenvalue weighted by Crippen LogP contribution is -2.44. The Bertz CT molecular complexity index is 506. The van der Waals surface area contributed by atoms with Crippen molar-refractivity contribution in [3.05, 3.63) is 35.9 Å². The van der Waals surface area contributed by atoms with Crippen molar-refractivity contribution in [2.24, 2.45) is 0 Å². The monoisotopic (exact) mass is 335 g/mol. The van der Waals surface area contributed by atoms with Crippen LogP contribution in [0.3, 0.4) is 0 Å². The number of aliphatic carboxylic acids is 1. The maximum atomic E-state index is 12.3. The van der Waals surface area contributed by atoms with E-state index in [2.05, 4.69) is 24.3 Å². The highest BCUT2D eigenvalue weighted by Crippen LogP contribution is 2.22. The first kappa shape index (κ1) is 17.9. The van der Waals surface area contributed by atoms with Gasteiger partial charge >= 0.3 is 5.97 Å². The van der Waals surface area contributed by atoms with Gasteiger partial charge in [-0.25, -0.2) is 0 Å². The van der Waals surface area contributed by atoms with E-state index in [1.807, 2.05) is 11.0 Å². The number of carbonyl (C=O) groups excluding carboxylic acids is 1. The van der Waals surface area contributed by atoms with Crippen molar-refractivity contribution in [3.63, 3.8) is 0 Å². The second-order valence-corrected chi connectivity index (χ2v) is 6.99. The van der Waals surface area contributed by atoms with Crippen molar-refractivity contribution >= 4 is 23.6 Å². The van der Waals surface area contributed by atoms with E-state index >= 15 is 0 Å². The third-order valence-corrected chi connectivity index (χ3v) is 5.15. The molecular weight excluding hydrogens is 310 g/mol. The van der Waals surface area contributed by atoms with E-state index < -0.39 is 5.97 Å². The lowest BCUT2D eigenvalue weighted by Gasteiger charge is -2.36. The average molecular weight is 335 g/mol. The summed E-state index contributed by atoms with van der Waals surface area (Å²) in [4.78, 5) is 24.9. The van der Waals surface area contributed by atoms with Crippen LogP contribution in [0.5, 0.6) is 0 Å². The Balaban J connectivity index is 1.78. The Morgan fingerprint density at radius 3 is 2.70 bits per heavy atom. The molecule has 1 amide bonds. The molecule has 1 N–H and O–H groups in total. The van der Waals surface area contributed by atoms with Gasteiger partial charge in [0.1, 0.15) is 0 Å². The van der Waals surface area contributed by atoms with Gasteiger partial charge in [-0.15, -0.1) is 11.8 Å². The lowest BCUT2D eigenvalue weighted by molar-refractivity contribution is -0.134. The van der Waals surface area contributed by atoms with Gasteiger partial charge in [0.05, 0.1) is 11.5 Å². The number of carbonyl (C=O) groups is 2.